The van der Waals surface area contributed by atoms with Crippen molar-refractivity contribution in [1.29, 1.82) is 0 Å². The van der Waals surface area contributed by atoms with E-state index in [0.717, 1.165) is 32.1 Å². The van der Waals surface area contributed by atoms with Gasteiger partial charge in [0.05, 0.1) is 12.2 Å². The second kappa shape index (κ2) is 39.6. The number of hydrogen-bond acceptors (Lipinski definition) is 6. The third kappa shape index (κ3) is 38.6. The summed E-state index contributed by atoms with van der Waals surface area (Å²) in [7, 11) is 0. The zero-order chi connectivity index (χ0) is 38.2. The van der Waals surface area contributed by atoms with Gasteiger partial charge in [0, 0.05) is 26.1 Å². The minimum absolute atomic E-state index is 0.0526. The fraction of sp³-hybridized carbons (Fsp3) is 0.957. The Morgan fingerprint density at radius 1 is 0.462 bits per heavy atom. The lowest BCUT2D eigenvalue weighted by Crippen LogP contribution is -2.31. The molecule has 0 aromatic rings. The van der Waals surface area contributed by atoms with E-state index in [0.29, 0.717) is 26.1 Å². The number of hydrogen-bond donors (Lipinski definition) is 0. The van der Waals surface area contributed by atoms with Crippen molar-refractivity contribution >= 4 is 11.9 Å². The molecule has 0 fully saturated rings. The van der Waals surface area contributed by atoms with E-state index in [4.69, 9.17) is 18.9 Å². The zero-order valence-corrected chi connectivity index (χ0v) is 35.7. The highest BCUT2D eigenvalue weighted by Crippen LogP contribution is 2.17. The van der Waals surface area contributed by atoms with Crippen LogP contribution in [-0.4, -0.2) is 50.1 Å². The predicted octanol–water partition coefficient (Wildman–Crippen LogP) is 14.2. The molecule has 52 heavy (non-hydrogen) atoms. The summed E-state index contributed by atoms with van der Waals surface area (Å²) in [6.45, 7) is 12.1. The van der Waals surface area contributed by atoms with Crippen molar-refractivity contribution in [3.8, 4) is 0 Å². The summed E-state index contributed by atoms with van der Waals surface area (Å²) < 4.78 is 23.0. The van der Waals surface area contributed by atoms with Crippen molar-refractivity contribution in [2.75, 3.05) is 26.4 Å². The smallest absolute Gasteiger partial charge is 0.306 e. The molecule has 0 aromatic heterocycles. The number of carbonyl (C=O) groups excluding carboxylic acids is 2. The third-order valence-electron chi connectivity index (χ3n) is 10.4. The highest BCUT2D eigenvalue weighted by atomic mass is 16.6. The second-order valence-corrected chi connectivity index (χ2v) is 16.2. The first-order valence-corrected chi connectivity index (χ1v) is 22.9. The average molecular weight is 739 g/mol. The Labute approximate surface area is 324 Å². The maximum Gasteiger partial charge on any atom is 0.306 e. The molecular weight excluding hydrogens is 648 g/mol. The SMILES string of the molecule is CCCCCCCCCCCCCCCCCC(=O)OCC(COCCC(C)(C)OCC)OC(=O)CCCCCCCCCCCCCCCCC. The third-order valence-corrected chi connectivity index (χ3v) is 10.4. The van der Waals surface area contributed by atoms with E-state index in [9.17, 15) is 9.59 Å². The van der Waals surface area contributed by atoms with Crippen LogP contribution in [0, 0.1) is 0 Å². The second-order valence-electron chi connectivity index (χ2n) is 16.2. The summed E-state index contributed by atoms with van der Waals surface area (Å²) in [6, 6.07) is 0. The molecule has 0 rings (SSSR count). The van der Waals surface area contributed by atoms with Gasteiger partial charge in [-0.15, -0.1) is 0 Å². The quantitative estimate of drug-likeness (QED) is 0.0459. The Hall–Kier alpha value is -1.14. The fourth-order valence-electron chi connectivity index (χ4n) is 6.90. The van der Waals surface area contributed by atoms with Crippen LogP contribution in [0.25, 0.3) is 0 Å². The molecule has 6 heteroatoms. The lowest BCUT2D eigenvalue weighted by molar-refractivity contribution is -0.163. The molecular formula is C46H90O6. The molecule has 310 valence electrons. The van der Waals surface area contributed by atoms with Gasteiger partial charge in [-0.3, -0.25) is 9.59 Å². The lowest BCUT2D eigenvalue weighted by Gasteiger charge is -2.25. The van der Waals surface area contributed by atoms with Crippen LogP contribution in [0.5, 0.6) is 0 Å². The van der Waals surface area contributed by atoms with Crippen LogP contribution in [0.4, 0.5) is 0 Å². The van der Waals surface area contributed by atoms with Crippen LogP contribution in [0.1, 0.15) is 247 Å². The number of ether oxygens (including phenoxy) is 4. The Bertz CT molecular complexity index is 753. The first kappa shape index (κ1) is 50.9. The predicted molar refractivity (Wildman–Crippen MR) is 221 cm³/mol. The van der Waals surface area contributed by atoms with Gasteiger partial charge in [0.1, 0.15) is 6.61 Å². The molecule has 6 nitrogen and oxygen atoms in total. The summed E-state index contributed by atoms with van der Waals surface area (Å²) >= 11 is 0. The van der Waals surface area contributed by atoms with Crippen LogP contribution in [0.2, 0.25) is 0 Å². The molecule has 0 saturated heterocycles. The first-order valence-electron chi connectivity index (χ1n) is 22.9. The molecule has 0 amide bonds. The Morgan fingerprint density at radius 2 is 0.808 bits per heavy atom. The topological polar surface area (TPSA) is 71.1 Å². The van der Waals surface area contributed by atoms with E-state index >= 15 is 0 Å². The average Bonchev–Trinajstić information content (AvgIpc) is 3.12. The molecule has 0 heterocycles. The maximum atomic E-state index is 12.7. The molecule has 0 aromatic carbocycles. The van der Waals surface area contributed by atoms with Crippen LogP contribution in [0.15, 0.2) is 0 Å². The van der Waals surface area contributed by atoms with Crippen LogP contribution in [0.3, 0.4) is 0 Å². The van der Waals surface area contributed by atoms with Gasteiger partial charge in [-0.25, -0.2) is 0 Å². The molecule has 0 saturated carbocycles. The van der Waals surface area contributed by atoms with E-state index in [2.05, 4.69) is 27.7 Å². The Kier molecular flexibility index (Phi) is 38.7. The monoisotopic (exact) mass is 739 g/mol. The van der Waals surface area contributed by atoms with Gasteiger partial charge in [0.25, 0.3) is 0 Å². The minimum Gasteiger partial charge on any atom is -0.462 e. The van der Waals surface area contributed by atoms with E-state index in [1.807, 2.05) is 6.92 Å². The van der Waals surface area contributed by atoms with Gasteiger partial charge < -0.3 is 18.9 Å². The molecule has 0 aliphatic carbocycles. The number of carbonyl (C=O) groups is 2. The number of unbranched alkanes of at least 4 members (excludes halogenated alkanes) is 28. The number of rotatable bonds is 42. The van der Waals surface area contributed by atoms with Crippen LogP contribution in [-0.2, 0) is 28.5 Å². The normalized spacial score (nSPS) is 12.3. The van der Waals surface area contributed by atoms with Crippen molar-refractivity contribution in [3.63, 3.8) is 0 Å². The van der Waals surface area contributed by atoms with Crippen molar-refractivity contribution in [3.05, 3.63) is 0 Å². The van der Waals surface area contributed by atoms with Crippen molar-refractivity contribution in [2.24, 2.45) is 0 Å². The minimum atomic E-state index is -0.580. The summed E-state index contributed by atoms with van der Waals surface area (Å²) in [5.74, 6) is -0.438. The van der Waals surface area contributed by atoms with Crippen molar-refractivity contribution in [1.82, 2.24) is 0 Å². The molecule has 1 atom stereocenters. The van der Waals surface area contributed by atoms with Gasteiger partial charge >= 0.3 is 11.9 Å². The highest BCUT2D eigenvalue weighted by molar-refractivity contribution is 5.70. The van der Waals surface area contributed by atoms with Crippen molar-refractivity contribution in [2.45, 2.75) is 258 Å². The van der Waals surface area contributed by atoms with Gasteiger partial charge in [-0.1, -0.05) is 194 Å². The van der Waals surface area contributed by atoms with Gasteiger partial charge in [0.15, 0.2) is 6.10 Å². The van der Waals surface area contributed by atoms with Gasteiger partial charge in [-0.2, -0.15) is 0 Å². The molecule has 0 spiro atoms. The van der Waals surface area contributed by atoms with Crippen LogP contribution < -0.4 is 0 Å². The Morgan fingerprint density at radius 3 is 1.17 bits per heavy atom. The van der Waals surface area contributed by atoms with E-state index in [1.54, 1.807) is 0 Å². The fourth-order valence-corrected chi connectivity index (χ4v) is 6.90. The largest absolute Gasteiger partial charge is 0.462 e. The summed E-state index contributed by atoms with van der Waals surface area (Å²) in [5, 5.41) is 0. The Balaban J connectivity index is 4.12. The summed E-state index contributed by atoms with van der Waals surface area (Å²) in [6.07, 6.45) is 39.9. The van der Waals surface area contributed by atoms with E-state index in [-0.39, 0.29) is 30.8 Å². The van der Waals surface area contributed by atoms with E-state index < -0.39 is 6.10 Å². The maximum absolute atomic E-state index is 12.7. The highest BCUT2D eigenvalue weighted by Gasteiger charge is 2.20. The summed E-state index contributed by atoms with van der Waals surface area (Å²) in [5.41, 5.74) is -0.270. The van der Waals surface area contributed by atoms with Crippen molar-refractivity contribution < 1.29 is 28.5 Å². The lowest BCUT2D eigenvalue weighted by atomic mass is 10.0. The number of esters is 2. The summed E-state index contributed by atoms with van der Waals surface area (Å²) in [4.78, 5) is 25.2. The molecule has 0 aliphatic rings. The van der Waals surface area contributed by atoms with Crippen LogP contribution >= 0.6 is 0 Å². The standard InChI is InChI=1S/C46H90O6/c1-6-9-11-13-15-17-19-21-23-25-27-29-31-33-35-37-44(47)50-42-43(41-49-40-39-46(4,5)51-8-3)52-45(48)38-36-34-32-30-28-26-24-22-20-18-16-14-12-10-7-2/h43H,6-42H2,1-5H3. The first-order chi connectivity index (χ1) is 25.3. The van der Waals surface area contributed by atoms with E-state index in [1.165, 1.54) is 167 Å². The molecule has 0 radical (unpaired) electrons. The molecule has 0 bridgehead atoms. The molecule has 1 unspecified atom stereocenters. The molecule has 0 aliphatic heterocycles. The zero-order valence-electron chi connectivity index (χ0n) is 35.7. The molecule has 0 N–H and O–H groups in total. The van der Waals surface area contributed by atoms with Gasteiger partial charge in [-0.05, 0) is 40.0 Å². The van der Waals surface area contributed by atoms with Gasteiger partial charge in [0.2, 0.25) is 0 Å².